The highest BCUT2D eigenvalue weighted by Gasteiger charge is 2.43. The third kappa shape index (κ3) is 4.14. The normalized spacial score (nSPS) is 23.1. The van der Waals surface area contributed by atoms with Crippen molar-refractivity contribution in [2.45, 2.75) is 38.8 Å². The molecule has 3 heterocycles. The number of piperazine rings is 1. The van der Waals surface area contributed by atoms with Crippen molar-refractivity contribution in [3.8, 4) is 0 Å². The number of fused-ring (bicyclic) bond motifs is 1. The van der Waals surface area contributed by atoms with Crippen molar-refractivity contribution in [2.24, 2.45) is 0 Å². The van der Waals surface area contributed by atoms with Crippen molar-refractivity contribution >= 4 is 17.7 Å². The molecule has 2 aliphatic rings. The number of hydrogen-bond acceptors (Lipinski definition) is 8. The van der Waals surface area contributed by atoms with Gasteiger partial charge in [0.15, 0.2) is 6.35 Å². The molecule has 0 radical (unpaired) electrons. The summed E-state index contributed by atoms with van der Waals surface area (Å²) >= 11 is 0. The van der Waals surface area contributed by atoms with Gasteiger partial charge in [-0.1, -0.05) is 0 Å². The SMILES string of the molecule is COC(=O)c1ccc(N2CC3CN(C(=O)OC(C)(C)C)CCN3C2O)cn1. The zero-order valence-electron chi connectivity index (χ0n) is 16.1. The molecule has 2 unspecified atom stereocenters. The number of rotatable bonds is 2. The fraction of sp³-hybridized carbons (Fsp3) is 0.611. The maximum Gasteiger partial charge on any atom is 0.410 e. The summed E-state index contributed by atoms with van der Waals surface area (Å²) in [4.78, 5) is 33.4. The second-order valence-corrected chi connectivity index (χ2v) is 7.71. The van der Waals surface area contributed by atoms with E-state index in [4.69, 9.17) is 4.74 Å². The van der Waals surface area contributed by atoms with Gasteiger partial charge in [0.25, 0.3) is 0 Å². The van der Waals surface area contributed by atoms with Crippen molar-refractivity contribution in [3.05, 3.63) is 24.0 Å². The Morgan fingerprint density at radius 3 is 2.56 bits per heavy atom. The minimum absolute atomic E-state index is 0.0125. The highest BCUT2D eigenvalue weighted by molar-refractivity contribution is 5.87. The van der Waals surface area contributed by atoms with Crippen LogP contribution in [0.2, 0.25) is 0 Å². The number of aromatic nitrogens is 1. The van der Waals surface area contributed by atoms with Gasteiger partial charge in [-0.15, -0.1) is 0 Å². The van der Waals surface area contributed by atoms with Gasteiger partial charge in [-0.25, -0.2) is 14.6 Å². The number of carbonyl (C=O) groups is 2. The molecule has 2 aliphatic heterocycles. The molecule has 27 heavy (non-hydrogen) atoms. The maximum atomic E-state index is 12.3. The zero-order valence-corrected chi connectivity index (χ0v) is 16.1. The predicted octanol–water partition coefficient (Wildman–Crippen LogP) is 0.885. The van der Waals surface area contributed by atoms with E-state index < -0.39 is 17.9 Å². The number of pyridine rings is 1. The zero-order chi connectivity index (χ0) is 19.8. The van der Waals surface area contributed by atoms with Crippen LogP contribution in [-0.4, -0.2) is 83.2 Å². The molecule has 0 aliphatic carbocycles. The first kappa shape index (κ1) is 19.4. The van der Waals surface area contributed by atoms with Crippen LogP contribution < -0.4 is 4.90 Å². The van der Waals surface area contributed by atoms with Crippen molar-refractivity contribution in [1.29, 1.82) is 0 Å². The first-order valence-electron chi connectivity index (χ1n) is 8.92. The number of ether oxygens (including phenoxy) is 2. The summed E-state index contributed by atoms with van der Waals surface area (Å²) in [5.74, 6) is -0.506. The van der Waals surface area contributed by atoms with Gasteiger partial charge >= 0.3 is 12.1 Å². The van der Waals surface area contributed by atoms with Crippen LogP contribution in [-0.2, 0) is 9.47 Å². The van der Waals surface area contributed by atoms with Crippen molar-refractivity contribution in [2.75, 3.05) is 38.2 Å². The van der Waals surface area contributed by atoms with E-state index in [1.54, 1.807) is 28.1 Å². The van der Waals surface area contributed by atoms with Crippen LogP contribution in [0.3, 0.4) is 0 Å². The molecule has 9 heteroatoms. The monoisotopic (exact) mass is 378 g/mol. The summed E-state index contributed by atoms with van der Waals surface area (Å²) in [6.45, 7) is 7.59. The summed E-state index contributed by atoms with van der Waals surface area (Å²) in [6, 6.07) is 3.28. The summed E-state index contributed by atoms with van der Waals surface area (Å²) < 4.78 is 10.1. The molecule has 2 fully saturated rings. The highest BCUT2D eigenvalue weighted by atomic mass is 16.6. The third-order valence-electron chi connectivity index (χ3n) is 4.64. The average Bonchev–Trinajstić information content (AvgIpc) is 2.96. The lowest BCUT2D eigenvalue weighted by Gasteiger charge is -2.38. The van der Waals surface area contributed by atoms with Gasteiger partial charge in [0.1, 0.15) is 11.3 Å². The van der Waals surface area contributed by atoms with Crippen LogP contribution in [0.1, 0.15) is 31.3 Å². The molecule has 2 atom stereocenters. The molecule has 3 rings (SSSR count). The lowest BCUT2D eigenvalue weighted by atomic mass is 10.2. The Morgan fingerprint density at radius 2 is 1.96 bits per heavy atom. The molecule has 0 spiro atoms. The molecule has 0 saturated carbocycles. The second kappa shape index (κ2) is 7.32. The van der Waals surface area contributed by atoms with Crippen molar-refractivity contribution < 1.29 is 24.2 Å². The van der Waals surface area contributed by atoms with E-state index in [-0.39, 0.29) is 17.8 Å². The lowest BCUT2D eigenvalue weighted by molar-refractivity contribution is -0.0286. The van der Waals surface area contributed by atoms with Gasteiger partial charge in [-0.3, -0.25) is 4.90 Å². The van der Waals surface area contributed by atoms with Crippen molar-refractivity contribution in [3.63, 3.8) is 0 Å². The molecular formula is C18H26N4O5. The second-order valence-electron chi connectivity index (χ2n) is 7.71. The Hall–Kier alpha value is -2.39. The molecule has 1 amide bonds. The van der Waals surface area contributed by atoms with Gasteiger partial charge in [0.05, 0.1) is 19.0 Å². The highest BCUT2D eigenvalue weighted by Crippen LogP contribution is 2.28. The Morgan fingerprint density at radius 1 is 1.22 bits per heavy atom. The van der Waals surface area contributed by atoms with E-state index >= 15 is 0 Å². The van der Waals surface area contributed by atoms with E-state index in [1.165, 1.54) is 7.11 Å². The molecule has 1 aromatic rings. The third-order valence-corrected chi connectivity index (χ3v) is 4.64. The van der Waals surface area contributed by atoms with Crippen molar-refractivity contribution in [1.82, 2.24) is 14.8 Å². The van der Waals surface area contributed by atoms with Crippen LogP contribution in [0.5, 0.6) is 0 Å². The standard InChI is InChI=1S/C18H26N4O5/c1-18(2,3)27-17(25)20-7-8-21-13(10-20)11-22(16(21)24)12-5-6-14(19-9-12)15(23)26-4/h5-6,9,13,16,24H,7-8,10-11H2,1-4H3. The summed E-state index contributed by atoms with van der Waals surface area (Å²) in [6.07, 6.45) is 0.403. The van der Waals surface area contributed by atoms with Crippen LogP contribution in [0.25, 0.3) is 0 Å². The Kier molecular flexibility index (Phi) is 5.25. The minimum Gasteiger partial charge on any atom is -0.464 e. The maximum absolute atomic E-state index is 12.3. The molecule has 0 bridgehead atoms. The Bertz CT molecular complexity index is 703. The number of aliphatic hydroxyl groups excluding tert-OH is 1. The first-order chi connectivity index (χ1) is 12.7. The number of amides is 1. The summed E-state index contributed by atoms with van der Waals surface area (Å²) in [7, 11) is 1.30. The molecule has 9 nitrogen and oxygen atoms in total. The number of anilines is 1. The van der Waals surface area contributed by atoms with E-state index in [2.05, 4.69) is 9.72 Å². The Balaban J connectivity index is 1.67. The van der Waals surface area contributed by atoms with Gasteiger partial charge in [-0.2, -0.15) is 0 Å². The minimum atomic E-state index is -0.804. The van der Waals surface area contributed by atoms with Gasteiger partial charge < -0.3 is 24.4 Å². The van der Waals surface area contributed by atoms with Crippen LogP contribution in [0.4, 0.5) is 10.5 Å². The largest absolute Gasteiger partial charge is 0.464 e. The molecule has 1 aromatic heterocycles. The Labute approximate surface area is 158 Å². The topological polar surface area (TPSA) is 95.4 Å². The summed E-state index contributed by atoms with van der Waals surface area (Å²) in [5.41, 5.74) is 0.375. The fourth-order valence-corrected chi connectivity index (χ4v) is 3.35. The number of esters is 1. The van der Waals surface area contributed by atoms with E-state index in [1.807, 2.05) is 25.7 Å². The number of carbonyl (C=O) groups excluding carboxylic acids is 2. The van der Waals surface area contributed by atoms with Gasteiger partial charge in [0, 0.05) is 32.2 Å². The average molecular weight is 378 g/mol. The number of hydrogen-bond donors (Lipinski definition) is 1. The number of aliphatic hydroxyl groups is 1. The molecular weight excluding hydrogens is 352 g/mol. The van der Waals surface area contributed by atoms with E-state index in [0.717, 1.165) is 0 Å². The van der Waals surface area contributed by atoms with E-state index in [9.17, 15) is 14.7 Å². The quantitative estimate of drug-likeness (QED) is 0.758. The van der Waals surface area contributed by atoms with E-state index in [0.29, 0.717) is 31.9 Å². The van der Waals surface area contributed by atoms with Crippen LogP contribution in [0, 0.1) is 0 Å². The number of nitrogens with zero attached hydrogens (tertiary/aromatic N) is 4. The van der Waals surface area contributed by atoms with Crippen LogP contribution in [0.15, 0.2) is 18.3 Å². The van der Waals surface area contributed by atoms with Crippen LogP contribution >= 0.6 is 0 Å². The smallest absolute Gasteiger partial charge is 0.410 e. The molecule has 148 valence electrons. The summed E-state index contributed by atoms with van der Waals surface area (Å²) in [5, 5.41) is 10.7. The fourth-order valence-electron chi connectivity index (χ4n) is 3.35. The predicted molar refractivity (Wildman–Crippen MR) is 97.2 cm³/mol. The molecule has 1 N–H and O–H groups in total. The number of methoxy groups -OCH3 is 1. The first-order valence-corrected chi connectivity index (χ1v) is 8.92. The lowest BCUT2D eigenvalue weighted by Crippen LogP contribution is -2.55. The molecule has 0 aromatic carbocycles. The van der Waals surface area contributed by atoms with Gasteiger partial charge in [0.2, 0.25) is 0 Å². The molecule has 2 saturated heterocycles. The van der Waals surface area contributed by atoms with Gasteiger partial charge in [-0.05, 0) is 32.9 Å².